The molecule has 0 radical (unpaired) electrons. The lowest BCUT2D eigenvalue weighted by Crippen LogP contribution is -2.46. The molecule has 2 heterocycles. The highest BCUT2D eigenvalue weighted by Crippen LogP contribution is 2.26. The van der Waals surface area contributed by atoms with Crippen LogP contribution < -0.4 is 0 Å². The van der Waals surface area contributed by atoms with Crippen molar-refractivity contribution in [3.63, 3.8) is 0 Å². The van der Waals surface area contributed by atoms with Crippen molar-refractivity contribution < 1.29 is 17.9 Å². The number of nitrogens with zero attached hydrogens (tertiary/aromatic N) is 2. The molecule has 0 spiro atoms. The summed E-state index contributed by atoms with van der Waals surface area (Å²) in [5.74, 6) is -0.455. The van der Waals surface area contributed by atoms with Crippen LogP contribution in [0.3, 0.4) is 0 Å². The number of thiophene rings is 1. The number of methoxy groups -OCH3 is 1. The first-order valence-electron chi connectivity index (χ1n) is 6.88. The smallest absolute Gasteiger partial charge is 0.308 e. The van der Waals surface area contributed by atoms with E-state index in [1.807, 2.05) is 12.1 Å². The number of hydrogen-bond donors (Lipinski definition) is 0. The Bertz CT molecular complexity index is 624. The third kappa shape index (κ3) is 4.08. The lowest BCUT2D eigenvalue weighted by atomic mass is 9.99. The van der Waals surface area contributed by atoms with Crippen LogP contribution in [0.1, 0.15) is 17.7 Å². The van der Waals surface area contributed by atoms with Gasteiger partial charge >= 0.3 is 5.97 Å². The zero-order chi connectivity index (χ0) is 16.3. The van der Waals surface area contributed by atoms with Crippen molar-refractivity contribution in [3.8, 4) is 0 Å². The zero-order valence-electron chi connectivity index (χ0n) is 12.5. The predicted octanol–water partition coefficient (Wildman–Crippen LogP) is 2.07. The Morgan fingerprint density at radius 1 is 1.45 bits per heavy atom. The summed E-state index contributed by atoms with van der Waals surface area (Å²) in [5.41, 5.74) is 0. The van der Waals surface area contributed by atoms with Gasteiger partial charge in [-0.1, -0.05) is 0 Å². The highest BCUT2D eigenvalue weighted by molar-refractivity contribution is 9.11. The average Bonchev–Trinajstić information content (AvgIpc) is 2.91. The van der Waals surface area contributed by atoms with Crippen molar-refractivity contribution in [3.05, 3.63) is 20.8 Å². The molecular weight excluding hydrogens is 392 g/mol. The molecule has 0 bridgehead atoms. The standard InChI is InChI=1S/C13H19BrN2O4S2/c1-15(9-11-3-4-12(14)21-11)22(18,19)16-7-5-10(6-8-16)13(17)20-2/h3-4,10H,5-9H2,1-2H3. The second-order valence-electron chi connectivity index (χ2n) is 5.17. The van der Waals surface area contributed by atoms with Crippen molar-refractivity contribution in [1.29, 1.82) is 0 Å². The molecule has 0 N–H and O–H groups in total. The van der Waals surface area contributed by atoms with Crippen molar-refractivity contribution in [1.82, 2.24) is 8.61 Å². The topological polar surface area (TPSA) is 66.9 Å². The summed E-state index contributed by atoms with van der Waals surface area (Å²) >= 11 is 4.89. The zero-order valence-corrected chi connectivity index (χ0v) is 15.7. The summed E-state index contributed by atoms with van der Waals surface area (Å²) in [5, 5.41) is 0. The molecule has 2 rings (SSSR count). The Hall–Kier alpha value is -0.480. The lowest BCUT2D eigenvalue weighted by Gasteiger charge is -2.32. The molecule has 124 valence electrons. The van der Waals surface area contributed by atoms with E-state index in [-0.39, 0.29) is 11.9 Å². The molecular formula is C13H19BrN2O4S2. The fourth-order valence-corrected chi connectivity index (χ4v) is 5.41. The maximum atomic E-state index is 12.6. The van der Waals surface area contributed by atoms with Gasteiger partial charge in [-0.25, -0.2) is 0 Å². The van der Waals surface area contributed by atoms with E-state index in [9.17, 15) is 13.2 Å². The van der Waals surface area contributed by atoms with Gasteiger partial charge in [0, 0.05) is 31.6 Å². The van der Waals surface area contributed by atoms with Gasteiger partial charge in [-0.15, -0.1) is 11.3 Å². The second-order valence-corrected chi connectivity index (χ2v) is 9.75. The van der Waals surface area contributed by atoms with Crippen LogP contribution in [0, 0.1) is 5.92 Å². The van der Waals surface area contributed by atoms with Crippen molar-refractivity contribution >= 4 is 43.4 Å². The Labute approximate surface area is 143 Å². The summed E-state index contributed by atoms with van der Waals surface area (Å²) in [7, 11) is -0.563. The minimum Gasteiger partial charge on any atom is -0.469 e. The van der Waals surface area contributed by atoms with Crippen molar-refractivity contribution in [2.45, 2.75) is 19.4 Å². The maximum Gasteiger partial charge on any atom is 0.308 e. The Kier molecular flexibility index (Phi) is 6.00. The highest BCUT2D eigenvalue weighted by Gasteiger charge is 2.33. The van der Waals surface area contributed by atoms with Gasteiger partial charge in [0.15, 0.2) is 0 Å². The monoisotopic (exact) mass is 410 g/mol. The van der Waals surface area contributed by atoms with Gasteiger partial charge in [0.05, 0.1) is 16.8 Å². The largest absolute Gasteiger partial charge is 0.469 e. The molecule has 0 aromatic carbocycles. The third-order valence-corrected chi connectivity index (χ3v) is 7.26. The van der Waals surface area contributed by atoms with Gasteiger partial charge in [0.1, 0.15) is 0 Å². The lowest BCUT2D eigenvalue weighted by molar-refractivity contribution is -0.146. The third-order valence-electron chi connectivity index (χ3n) is 3.72. The van der Waals surface area contributed by atoms with Gasteiger partial charge in [0.25, 0.3) is 10.2 Å². The number of carbonyl (C=O) groups is 1. The van der Waals surface area contributed by atoms with Gasteiger partial charge in [-0.2, -0.15) is 17.0 Å². The second kappa shape index (κ2) is 7.39. The van der Waals surface area contributed by atoms with Crippen LogP contribution in [0.15, 0.2) is 15.9 Å². The summed E-state index contributed by atoms with van der Waals surface area (Å²) in [4.78, 5) is 12.5. The van der Waals surface area contributed by atoms with E-state index in [1.165, 1.54) is 27.1 Å². The van der Waals surface area contributed by atoms with Crippen LogP contribution in [-0.4, -0.2) is 50.2 Å². The van der Waals surface area contributed by atoms with Crippen LogP contribution in [-0.2, 0) is 26.3 Å². The maximum absolute atomic E-state index is 12.6. The summed E-state index contributed by atoms with van der Waals surface area (Å²) < 4.78 is 33.6. The van der Waals surface area contributed by atoms with E-state index in [0.29, 0.717) is 32.5 Å². The molecule has 0 atom stereocenters. The quantitative estimate of drug-likeness (QED) is 0.696. The molecule has 0 saturated carbocycles. The molecule has 0 unspecified atom stereocenters. The molecule has 1 aliphatic heterocycles. The van der Waals surface area contributed by atoms with Crippen LogP contribution >= 0.6 is 27.3 Å². The predicted molar refractivity (Wildman–Crippen MR) is 88.7 cm³/mol. The number of carbonyl (C=O) groups excluding carboxylic acids is 1. The molecule has 1 aromatic heterocycles. The van der Waals surface area contributed by atoms with E-state index >= 15 is 0 Å². The molecule has 1 fully saturated rings. The number of halogens is 1. The normalized spacial score (nSPS) is 17.8. The SMILES string of the molecule is COC(=O)C1CCN(S(=O)(=O)N(C)Cc2ccc(Br)s2)CC1. The van der Waals surface area contributed by atoms with Gasteiger partial charge < -0.3 is 4.74 Å². The fraction of sp³-hybridized carbons (Fsp3) is 0.615. The van der Waals surface area contributed by atoms with Crippen LogP contribution in [0.4, 0.5) is 0 Å². The number of hydrogen-bond acceptors (Lipinski definition) is 5. The Morgan fingerprint density at radius 3 is 2.59 bits per heavy atom. The molecule has 0 aliphatic carbocycles. The fourth-order valence-electron chi connectivity index (χ4n) is 2.42. The van der Waals surface area contributed by atoms with Crippen molar-refractivity contribution in [2.75, 3.05) is 27.2 Å². The molecule has 0 amide bonds. The van der Waals surface area contributed by atoms with Crippen molar-refractivity contribution in [2.24, 2.45) is 5.92 Å². The summed E-state index contributed by atoms with van der Waals surface area (Å²) in [6, 6.07) is 3.81. The van der Waals surface area contributed by atoms with Crippen LogP contribution in [0.2, 0.25) is 0 Å². The van der Waals surface area contributed by atoms with Gasteiger partial charge in [-0.05, 0) is 40.9 Å². The Balaban J connectivity index is 1.97. The van der Waals surface area contributed by atoms with Gasteiger partial charge in [-0.3, -0.25) is 4.79 Å². The summed E-state index contributed by atoms with van der Waals surface area (Å²) in [6.07, 6.45) is 1.01. The first kappa shape index (κ1) is 17.9. The number of esters is 1. The molecule has 1 aromatic rings. The molecule has 9 heteroatoms. The average molecular weight is 411 g/mol. The van der Waals surface area contributed by atoms with E-state index in [1.54, 1.807) is 7.05 Å². The Morgan fingerprint density at radius 2 is 2.09 bits per heavy atom. The molecule has 6 nitrogen and oxygen atoms in total. The van der Waals surface area contributed by atoms with E-state index < -0.39 is 10.2 Å². The van der Waals surface area contributed by atoms with E-state index in [0.717, 1.165) is 8.66 Å². The molecule has 1 saturated heterocycles. The van der Waals surface area contributed by atoms with Crippen LogP contribution in [0.25, 0.3) is 0 Å². The molecule has 1 aliphatic rings. The minimum atomic E-state index is -3.50. The van der Waals surface area contributed by atoms with E-state index in [4.69, 9.17) is 4.74 Å². The number of ether oxygens (including phenoxy) is 1. The van der Waals surface area contributed by atoms with Crippen LogP contribution in [0.5, 0.6) is 0 Å². The first-order valence-corrected chi connectivity index (χ1v) is 9.88. The van der Waals surface area contributed by atoms with E-state index in [2.05, 4.69) is 15.9 Å². The number of piperidine rings is 1. The van der Waals surface area contributed by atoms with Gasteiger partial charge in [0.2, 0.25) is 0 Å². The summed E-state index contributed by atoms with van der Waals surface area (Å²) in [6.45, 7) is 1.04. The molecule has 22 heavy (non-hydrogen) atoms. The minimum absolute atomic E-state index is 0.199. The highest BCUT2D eigenvalue weighted by atomic mass is 79.9. The first-order chi connectivity index (χ1) is 10.3. The number of rotatable bonds is 5.